The molecule has 1 heterocycles. The minimum absolute atomic E-state index is 0.395. The van der Waals surface area contributed by atoms with Crippen molar-refractivity contribution in [3.8, 4) is 0 Å². The number of nitrogens with zero attached hydrogens (tertiary/aromatic N) is 2. The lowest BCUT2D eigenvalue weighted by Crippen LogP contribution is -2.48. The molecule has 1 saturated carbocycles. The summed E-state index contributed by atoms with van der Waals surface area (Å²) in [5, 5.41) is 7.19. The number of rotatable bonds is 10. The zero-order valence-corrected chi connectivity index (χ0v) is 16.8. The molecule has 146 valence electrons. The fourth-order valence-electron chi connectivity index (χ4n) is 4.42. The highest BCUT2D eigenvalue weighted by Gasteiger charge is 2.33. The summed E-state index contributed by atoms with van der Waals surface area (Å²) in [6.07, 6.45) is 10.4. The fraction of sp³-hybridized carbons (Fsp3) is 0.950. The molecule has 5 nitrogen and oxygen atoms in total. The molecule has 0 aromatic rings. The molecule has 0 bridgehead atoms. The number of hydrogen-bond acceptors (Lipinski definition) is 3. The van der Waals surface area contributed by atoms with Gasteiger partial charge in [0.1, 0.15) is 0 Å². The van der Waals surface area contributed by atoms with E-state index in [1.54, 1.807) is 0 Å². The number of aliphatic imine (C=N–C) groups is 1. The lowest BCUT2D eigenvalue weighted by molar-refractivity contribution is 0.105. The molecule has 1 aliphatic heterocycles. The third kappa shape index (κ3) is 6.45. The van der Waals surface area contributed by atoms with Gasteiger partial charge in [-0.25, -0.2) is 0 Å². The van der Waals surface area contributed by atoms with Gasteiger partial charge in [0.15, 0.2) is 5.96 Å². The third-order valence-electron chi connectivity index (χ3n) is 6.13. The first-order valence-corrected chi connectivity index (χ1v) is 10.5. The van der Waals surface area contributed by atoms with Crippen LogP contribution in [0.5, 0.6) is 0 Å². The summed E-state index contributed by atoms with van der Waals surface area (Å²) < 4.78 is 5.62. The average Bonchev–Trinajstić information content (AvgIpc) is 3.31. The maximum atomic E-state index is 5.62. The summed E-state index contributed by atoms with van der Waals surface area (Å²) >= 11 is 0. The van der Waals surface area contributed by atoms with Gasteiger partial charge >= 0.3 is 0 Å². The molecule has 2 N–H and O–H groups in total. The number of likely N-dealkylation sites (tertiary alicyclic amines) is 1. The summed E-state index contributed by atoms with van der Waals surface area (Å²) in [4.78, 5) is 7.08. The molecule has 2 aliphatic rings. The Kier molecular flexibility index (Phi) is 9.04. The maximum Gasteiger partial charge on any atom is 0.191 e. The Balaban J connectivity index is 1.77. The first kappa shape index (κ1) is 20.5. The number of nitrogens with one attached hydrogen (secondary N) is 2. The van der Waals surface area contributed by atoms with Crippen molar-refractivity contribution in [2.24, 2.45) is 10.4 Å². The number of ether oxygens (including phenoxy) is 1. The van der Waals surface area contributed by atoms with Crippen molar-refractivity contribution in [1.82, 2.24) is 15.5 Å². The molecule has 0 aromatic heterocycles. The van der Waals surface area contributed by atoms with Gasteiger partial charge < -0.3 is 15.4 Å². The van der Waals surface area contributed by atoms with Crippen LogP contribution in [-0.2, 0) is 4.74 Å². The van der Waals surface area contributed by atoms with E-state index < -0.39 is 0 Å². The van der Waals surface area contributed by atoms with E-state index in [2.05, 4.69) is 34.4 Å². The molecule has 25 heavy (non-hydrogen) atoms. The fourth-order valence-corrected chi connectivity index (χ4v) is 4.42. The summed E-state index contributed by atoms with van der Waals surface area (Å²) in [6.45, 7) is 10.6. The second-order valence-corrected chi connectivity index (χ2v) is 7.77. The van der Waals surface area contributed by atoms with Crippen molar-refractivity contribution in [3.05, 3.63) is 0 Å². The monoisotopic (exact) mass is 352 g/mol. The molecule has 2 rings (SSSR count). The molecule has 2 fully saturated rings. The van der Waals surface area contributed by atoms with Crippen LogP contribution in [0.4, 0.5) is 0 Å². The first-order valence-electron chi connectivity index (χ1n) is 10.5. The Morgan fingerprint density at radius 3 is 2.44 bits per heavy atom. The maximum absolute atomic E-state index is 5.62. The molecule has 0 spiro atoms. The number of guanidine groups is 1. The van der Waals surface area contributed by atoms with Crippen molar-refractivity contribution in [2.45, 2.75) is 71.3 Å². The molecule has 1 saturated heterocycles. The molecule has 0 aromatic carbocycles. The minimum Gasteiger partial charge on any atom is -0.382 e. The van der Waals surface area contributed by atoms with E-state index in [0.717, 1.165) is 38.7 Å². The smallest absolute Gasteiger partial charge is 0.191 e. The van der Waals surface area contributed by atoms with Gasteiger partial charge in [-0.1, -0.05) is 19.8 Å². The SMILES string of the molecule is CCOCCC1(CNC(=NC)NCC(CC)N2CCCC2)CCCC1. The first-order chi connectivity index (χ1) is 12.2. The van der Waals surface area contributed by atoms with Crippen LogP contribution in [0.25, 0.3) is 0 Å². The van der Waals surface area contributed by atoms with Gasteiger partial charge in [-0.3, -0.25) is 9.89 Å². The Morgan fingerprint density at radius 2 is 1.84 bits per heavy atom. The van der Waals surface area contributed by atoms with Crippen molar-refractivity contribution in [3.63, 3.8) is 0 Å². The van der Waals surface area contributed by atoms with E-state index >= 15 is 0 Å². The van der Waals surface area contributed by atoms with E-state index in [1.165, 1.54) is 58.0 Å². The van der Waals surface area contributed by atoms with Gasteiger partial charge in [0.05, 0.1) is 0 Å². The zero-order chi connectivity index (χ0) is 18.0. The highest BCUT2D eigenvalue weighted by molar-refractivity contribution is 5.79. The predicted molar refractivity (Wildman–Crippen MR) is 106 cm³/mol. The van der Waals surface area contributed by atoms with Crippen LogP contribution >= 0.6 is 0 Å². The zero-order valence-electron chi connectivity index (χ0n) is 16.8. The predicted octanol–water partition coefficient (Wildman–Crippen LogP) is 3.01. The quantitative estimate of drug-likeness (QED) is 0.360. The van der Waals surface area contributed by atoms with Crippen LogP contribution in [0.15, 0.2) is 4.99 Å². The van der Waals surface area contributed by atoms with Gasteiger partial charge in [-0.05, 0) is 64.0 Å². The van der Waals surface area contributed by atoms with Gasteiger partial charge in [0, 0.05) is 39.4 Å². The Labute approximate surface area is 155 Å². The summed E-state index contributed by atoms with van der Waals surface area (Å²) in [7, 11) is 1.88. The highest BCUT2D eigenvalue weighted by atomic mass is 16.5. The number of hydrogen-bond donors (Lipinski definition) is 2. The molecular formula is C20H40N4O. The Hall–Kier alpha value is -0.810. The summed E-state index contributed by atoms with van der Waals surface area (Å²) in [5.41, 5.74) is 0.395. The van der Waals surface area contributed by atoms with Crippen molar-refractivity contribution < 1.29 is 4.74 Å². The molecule has 1 aliphatic carbocycles. The van der Waals surface area contributed by atoms with Crippen LogP contribution in [-0.4, -0.2) is 63.3 Å². The second kappa shape index (κ2) is 11.0. The van der Waals surface area contributed by atoms with E-state index in [1.807, 2.05) is 7.05 Å². The van der Waals surface area contributed by atoms with Crippen LogP contribution in [0.1, 0.15) is 65.2 Å². The molecule has 0 amide bonds. The summed E-state index contributed by atoms with van der Waals surface area (Å²) in [6, 6.07) is 0.624. The molecule has 5 heteroatoms. The normalized spacial score (nSPS) is 22.3. The van der Waals surface area contributed by atoms with Gasteiger partial charge in [0.2, 0.25) is 0 Å². The van der Waals surface area contributed by atoms with Crippen LogP contribution in [0.3, 0.4) is 0 Å². The third-order valence-corrected chi connectivity index (χ3v) is 6.13. The van der Waals surface area contributed by atoms with E-state index in [9.17, 15) is 0 Å². The van der Waals surface area contributed by atoms with Crippen LogP contribution in [0, 0.1) is 5.41 Å². The largest absolute Gasteiger partial charge is 0.382 e. The second-order valence-electron chi connectivity index (χ2n) is 7.77. The lowest BCUT2D eigenvalue weighted by Gasteiger charge is -2.31. The molecule has 0 radical (unpaired) electrons. The van der Waals surface area contributed by atoms with Crippen molar-refractivity contribution in [1.29, 1.82) is 0 Å². The summed E-state index contributed by atoms with van der Waals surface area (Å²) in [5.74, 6) is 0.959. The van der Waals surface area contributed by atoms with Gasteiger partial charge in [-0.15, -0.1) is 0 Å². The van der Waals surface area contributed by atoms with E-state index in [0.29, 0.717) is 11.5 Å². The van der Waals surface area contributed by atoms with Gasteiger partial charge in [0.25, 0.3) is 0 Å². The van der Waals surface area contributed by atoms with E-state index in [-0.39, 0.29) is 0 Å². The average molecular weight is 353 g/mol. The minimum atomic E-state index is 0.395. The van der Waals surface area contributed by atoms with E-state index in [4.69, 9.17) is 4.74 Å². The molecule has 1 unspecified atom stereocenters. The van der Waals surface area contributed by atoms with Crippen molar-refractivity contribution >= 4 is 5.96 Å². The van der Waals surface area contributed by atoms with Crippen molar-refractivity contribution in [2.75, 3.05) is 46.4 Å². The lowest BCUT2D eigenvalue weighted by atomic mass is 9.83. The van der Waals surface area contributed by atoms with Gasteiger partial charge in [-0.2, -0.15) is 0 Å². The molecular weight excluding hydrogens is 312 g/mol. The molecule has 1 atom stereocenters. The Morgan fingerprint density at radius 1 is 1.12 bits per heavy atom. The highest BCUT2D eigenvalue weighted by Crippen LogP contribution is 2.40. The topological polar surface area (TPSA) is 48.9 Å². The van der Waals surface area contributed by atoms with Crippen LogP contribution in [0.2, 0.25) is 0 Å². The standard InChI is InChI=1S/C20H40N4O/c1-4-18(24-13-8-9-14-24)16-22-19(21-3)23-17-20(10-6-7-11-20)12-15-25-5-2/h18H,4-17H2,1-3H3,(H2,21,22,23). The van der Waals surface area contributed by atoms with Crippen LogP contribution < -0.4 is 10.6 Å². The Bertz CT molecular complexity index is 387.